The quantitative estimate of drug-likeness (QED) is 0.803. The summed E-state index contributed by atoms with van der Waals surface area (Å²) in [6.45, 7) is 0. The molecule has 1 heterocycles. The number of benzene rings is 2. The van der Waals surface area contributed by atoms with Crippen LogP contribution in [0.5, 0.6) is 17.2 Å². The van der Waals surface area contributed by atoms with Gasteiger partial charge in [-0.3, -0.25) is 9.59 Å². The Balaban J connectivity index is 1.24. The Morgan fingerprint density at radius 1 is 1.00 bits per heavy atom. The third kappa shape index (κ3) is 2.80. The number of anilines is 1. The van der Waals surface area contributed by atoms with Crippen LogP contribution in [0.25, 0.3) is 0 Å². The summed E-state index contributed by atoms with van der Waals surface area (Å²) >= 11 is 0. The van der Waals surface area contributed by atoms with Crippen LogP contribution in [0.4, 0.5) is 5.69 Å². The first-order valence-electron chi connectivity index (χ1n) is 9.56. The van der Waals surface area contributed by atoms with Crippen LogP contribution in [0.1, 0.15) is 12.8 Å². The number of fused-ring (bicyclic) bond motifs is 1. The fraction of sp³-hybridized carbons (Fsp3) is 0.364. The van der Waals surface area contributed by atoms with Crippen molar-refractivity contribution in [2.75, 3.05) is 12.4 Å². The van der Waals surface area contributed by atoms with Gasteiger partial charge < -0.3 is 19.5 Å². The largest absolute Gasteiger partial charge is 0.497 e. The summed E-state index contributed by atoms with van der Waals surface area (Å²) in [5.41, 5.74) is 0.692. The normalized spacial score (nSPS) is 29.5. The third-order valence-corrected chi connectivity index (χ3v) is 6.20. The van der Waals surface area contributed by atoms with Gasteiger partial charge >= 0.3 is 5.97 Å². The fourth-order valence-electron chi connectivity index (χ4n) is 4.97. The molecule has 1 saturated heterocycles. The second-order valence-electron chi connectivity index (χ2n) is 7.71. The summed E-state index contributed by atoms with van der Waals surface area (Å²) in [6.07, 6.45) is 1.79. The highest BCUT2D eigenvalue weighted by molar-refractivity contribution is 5.97. The number of hydrogen-bond donors (Lipinski definition) is 1. The summed E-state index contributed by atoms with van der Waals surface area (Å²) in [5.74, 6) is 1.81. The van der Waals surface area contributed by atoms with E-state index in [4.69, 9.17) is 14.2 Å². The number of amides is 1. The molecule has 1 aliphatic heterocycles. The molecular formula is C22H21NO5. The minimum atomic E-state index is -0.272. The highest BCUT2D eigenvalue weighted by Gasteiger charge is 2.63. The van der Waals surface area contributed by atoms with Gasteiger partial charge in [0.2, 0.25) is 5.91 Å². The average Bonchev–Trinajstić information content (AvgIpc) is 3.33. The van der Waals surface area contributed by atoms with Gasteiger partial charge in [-0.1, -0.05) is 0 Å². The standard InChI is InChI=1S/C22H21NO5/c1-26-14-6-8-16(9-7-14)27-15-4-2-13(3-5-15)23-21(24)19-12-10-17-18(11-12)28-22(25)20(17)19/h2-9,12,17-20H,10-11H2,1H3,(H,23,24)/t12-,17-,18+,19-,20-/m0/s1. The molecule has 1 amide bonds. The molecule has 2 aliphatic carbocycles. The van der Waals surface area contributed by atoms with Crippen molar-refractivity contribution in [3.05, 3.63) is 48.5 Å². The molecule has 5 rings (SSSR count). The number of nitrogens with one attached hydrogen (secondary N) is 1. The lowest BCUT2D eigenvalue weighted by Crippen LogP contribution is -2.35. The van der Waals surface area contributed by atoms with E-state index in [1.807, 2.05) is 24.3 Å². The Bertz CT molecular complexity index is 906. The molecule has 0 spiro atoms. The lowest BCUT2D eigenvalue weighted by atomic mass is 9.79. The zero-order valence-electron chi connectivity index (χ0n) is 15.5. The van der Waals surface area contributed by atoms with Crippen LogP contribution in [0.15, 0.2) is 48.5 Å². The minimum Gasteiger partial charge on any atom is -0.497 e. The molecule has 2 aromatic rings. The molecule has 5 atom stereocenters. The van der Waals surface area contributed by atoms with Crippen molar-refractivity contribution >= 4 is 17.6 Å². The molecule has 0 aromatic heterocycles. The highest BCUT2D eigenvalue weighted by Crippen LogP contribution is 2.57. The van der Waals surface area contributed by atoms with E-state index in [1.165, 1.54) is 0 Å². The maximum absolute atomic E-state index is 12.8. The van der Waals surface area contributed by atoms with E-state index in [1.54, 1.807) is 31.4 Å². The number of esters is 1. The van der Waals surface area contributed by atoms with Crippen molar-refractivity contribution in [1.82, 2.24) is 0 Å². The van der Waals surface area contributed by atoms with Crippen molar-refractivity contribution in [3.8, 4) is 17.2 Å². The van der Waals surface area contributed by atoms with E-state index in [0.29, 0.717) is 17.2 Å². The molecule has 2 aromatic carbocycles. The van der Waals surface area contributed by atoms with Gasteiger partial charge in [-0.2, -0.15) is 0 Å². The Labute approximate surface area is 162 Å². The first-order valence-corrected chi connectivity index (χ1v) is 9.56. The Kier molecular flexibility index (Phi) is 4.00. The van der Waals surface area contributed by atoms with Crippen molar-refractivity contribution in [3.63, 3.8) is 0 Å². The molecule has 6 nitrogen and oxygen atoms in total. The Morgan fingerprint density at radius 3 is 2.32 bits per heavy atom. The number of carbonyl (C=O) groups excluding carboxylic acids is 2. The van der Waals surface area contributed by atoms with Crippen LogP contribution < -0.4 is 14.8 Å². The SMILES string of the molecule is COc1ccc(Oc2ccc(NC(=O)[C@H]3[C@H]4C[C@@H]5[C@@H]3C(=O)O[C@@H]5C4)cc2)cc1. The third-order valence-electron chi connectivity index (χ3n) is 6.20. The van der Waals surface area contributed by atoms with Crippen molar-refractivity contribution < 1.29 is 23.8 Å². The van der Waals surface area contributed by atoms with E-state index in [0.717, 1.165) is 18.6 Å². The van der Waals surface area contributed by atoms with Crippen molar-refractivity contribution in [2.45, 2.75) is 18.9 Å². The molecule has 6 heteroatoms. The lowest BCUT2D eigenvalue weighted by Gasteiger charge is -2.23. The molecule has 0 radical (unpaired) electrons. The molecule has 3 fully saturated rings. The first-order chi connectivity index (χ1) is 13.6. The molecule has 2 bridgehead atoms. The molecular weight excluding hydrogens is 358 g/mol. The Morgan fingerprint density at radius 2 is 1.64 bits per heavy atom. The zero-order valence-corrected chi connectivity index (χ0v) is 15.5. The van der Waals surface area contributed by atoms with Crippen molar-refractivity contribution in [1.29, 1.82) is 0 Å². The predicted octanol–water partition coefficient (Wildman–Crippen LogP) is 3.62. The van der Waals surface area contributed by atoms with Gasteiger partial charge in [-0.05, 0) is 67.3 Å². The summed E-state index contributed by atoms with van der Waals surface area (Å²) in [5, 5.41) is 2.96. The van der Waals surface area contributed by atoms with Crippen molar-refractivity contribution in [2.24, 2.45) is 23.7 Å². The first kappa shape index (κ1) is 17.1. The Hall–Kier alpha value is -3.02. The molecule has 2 saturated carbocycles. The second-order valence-corrected chi connectivity index (χ2v) is 7.71. The van der Waals surface area contributed by atoms with Crippen LogP contribution in [0, 0.1) is 23.7 Å². The number of hydrogen-bond acceptors (Lipinski definition) is 5. The molecule has 1 N–H and O–H groups in total. The monoisotopic (exact) mass is 379 g/mol. The smallest absolute Gasteiger partial charge is 0.310 e. The van der Waals surface area contributed by atoms with Crippen LogP contribution >= 0.6 is 0 Å². The molecule has 0 unspecified atom stereocenters. The summed E-state index contributed by atoms with van der Waals surface area (Å²) in [7, 11) is 1.62. The topological polar surface area (TPSA) is 73.9 Å². The summed E-state index contributed by atoms with van der Waals surface area (Å²) < 4.78 is 16.3. The van der Waals surface area contributed by atoms with Gasteiger partial charge in [0.15, 0.2) is 0 Å². The number of ether oxygens (including phenoxy) is 3. The molecule has 28 heavy (non-hydrogen) atoms. The van der Waals surface area contributed by atoms with Gasteiger partial charge in [0.1, 0.15) is 23.4 Å². The van der Waals surface area contributed by atoms with Crippen LogP contribution in [-0.2, 0) is 14.3 Å². The van der Waals surface area contributed by atoms with E-state index in [2.05, 4.69) is 5.32 Å². The summed E-state index contributed by atoms with van der Waals surface area (Å²) in [4.78, 5) is 24.9. The maximum atomic E-state index is 12.8. The van der Waals surface area contributed by atoms with E-state index in [-0.39, 0.29) is 41.7 Å². The minimum absolute atomic E-state index is 0.0425. The lowest BCUT2D eigenvalue weighted by molar-refractivity contribution is -0.145. The molecule has 144 valence electrons. The van der Waals surface area contributed by atoms with E-state index >= 15 is 0 Å². The molecule has 3 aliphatic rings. The van der Waals surface area contributed by atoms with Gasteiger partial charge in [0.05, 0.1) is 18.9 Å². The van der Waals surface area contributed by atoms with Gasteiger partial charge in [0, 0.05) is 11.6 Å². The van der Waals surface area contributed by atoms with E-state index < -0.39 is 0 Å². The van der Waals surface area contributed by atoms with Gasteiger partial charge in [-0.25, -0.2) is 0 Å². The summed E-state index contributed by atoms with van der Waals surface area (Å²) in [6, 6.07) is 14.5. The van der Waals surface area contributed by atoms with Crippen LogP contribution in [-0.4, -0.2) is 25.1 Å². The zero-order chi connectivity index (χ0) is 19.3. The number of carbonyl (C=O) groups is 2. The number of methoxy groups -OCH3 is 1. The van der Waals surface area contributed by atoms with Crippen LogP contribution in [0.3, 0.4) is 0 Å². The fourth-order valence-corrected chi connectivity index (χ4v) is 4.97. The predicted molar refractivity (Wildman–Crippen MR) is 101 cm³/mol. The van der Waals surface area contributed by atoms with Crippen LogP contribution in [0.2, 0.25) is 0 Å². The highest BCUT2D eigenvalue weighted by atomic mass is 16.6. The van der Waals surface area contributed by atoms with Gasteiger partial charge in [0.25, 0.3) is 0 Å². The number of rotatable bonds is 5. The van der Waals surface area contributed by atoms with E-state index in [9.17, 15) is 9.59 Å². The maximum Gasteiger partial charge on any atom is 0.310 e. The van der Waals surface area contributed by atoms with Gasteiger partial charge in [-0.15, -0.1) is 0 Å². The average molecular weight is 379 g/mol. The second kappa shape index (κ2) is 6.55.